The Kier molecular flexibility index (Phi) is 9.42. The Hall–Kier alpha value is -1.79. The van der Waals surface area contributed by atoms with E-state index in [1.165, 1.54) is 45.7 Å². The molecule has 6 nitrogen and oxygen atoms in total. The first-order valence-electron chi connectivity index (χ1n) is 10.2. The van der Waals surface area contributed by atoms with Crippen LogP contribution in [0.3, 0.4) is 0 Å². The number of unbranched alkanes of at least 4 members (excludes halogenated alkanes) is 1. The van der Waals surface area contributed by atoms with Crippen molar-refractivity contribution in [3.05, 3.63) is 29.8 Å². The normalized spacial score (nSPS) is 16.4. The van der Waals surface area contributed by atoms with Gasteiger partial charge in [0.1, 0.15) is 5.75 Å². The molecule has 0 amide bonds. The topological polar surface area (TPSA) is 43.3 Å². The fraction of sp³-hybridized carbons (Fsp3) is 0.667. The van der Waals surface area contributed by atoms with Gasteiger partial charge in [-0.25, -0.2) is 0 Å². The van der Waals surface area contributed by atoms with Crippen LogP contribution in [0.1, 0.15) is 25.3 Å². The van der Waals surface area contributed by atoms with Gasteiger partial charge in [-0.05, 0) is 32.0 Å². The maximum atomic E-state index is 5.45. The van der Waals surface area contributed by atoms with E-state index in [0.29, 0.717) is 0 Å². The third kappa shape index (κ3) is 7.03. The van der Waals surface area contributed by atoms with Crippen molar-refractivity contribution in [1.29, 1.82) is 0 Å². The van der Waals surface area contributed by atoms with Crippen LogP contribution in [0.4, 0.5) is 0 Å². The number of nitrogens with one attached hydrogen (secondary N) is 1. The van der Waals surface area contributed by atoms with Gasteiger partial charge in [0, 0.05) is 58.9 Å². The summed E-state index contributed by atoms with van der Waals surface area (Å²) in [6.45, 7) is 11.2. The van der Waals surface area contributed by atoms with E-state index in [1.54, 1.807) is 7.11 Å². The predicted molar refractivity (Wildman–Crippen MR) is 114 cm³/mol. The summed E-state index contributed by atoms with van der Waals surface area (Å²) < 4.78 is 5.45. The van der Waals surface area contributed by atoms with Crippen LogP contribution in [0.2, 0.25) is 0 Å². The average Bonchev–Trinajstić information content (AvgIpc) is 2.71. The van der Waals surface area contributed by atoms with E-state index in [4.69, 9.17) is 4.74 Å². The number of hydrogen-bond donors (Lipinski definition) is 1. The molecule has 0 saturated carbocycles. The van der Waals surface area contributed by atoms with Gasteiger partial charge >= 0.3 is 0 Å². The van der Waals surface area contributed by atoms with E-state index in [9.17, 15) is 0 Å². The summed E-state index contributed by atoms with van der Waals surface area (Å²) >= 11 is 0. The fourth-order valence-electron chi connectivity index (χ4n) is 3.54. The monoisotopic (exact) mass is 375 g/mol. The molecule has 1 aliphatic heterocycles. The molecule has 1 aromatic rings. The van der Waals surface area contributed by atoms with Crippen molar-refractivity contribution in [2.45, 2.75) is 26.3 Å². The summed E-state index contributed by atoms with van der Waals surface area (Å²) in [4.78, 5) is 11.7. The lowest BCUT2D eigenvalue weighted by atomic mass is 10.2. The average molecular weight is 376 g/mol. The minimum Gasteiger partial charge on any atom is -0.496 e. The van der Waals surface area contributed by atoms with E-state index in [2.05, 4.69) is 45.0 Å². The highest BCUT2D eigenvalue weighted by molar-refractivity contribution is 5.79. The smallest absolute Gasteiger partial charge is 0.193 e. The number of piperazine rings is 1. The summed E-state index contributed by atoms with van der Waals surface area (Å²) in [5, 5.41) is 3.49. The van der Waals surface area contributed by atoms with Crippen LogP contribution in [0.15, 0.2) is 29.3 Å². The molecule has 0 spiro atoms. The van der Waals surface area contributed by atoms with Gasteiger partial charge in [-0.1, -0.05) is 25.1 Å². The molecule has 6 heteroatoms. The number of nitrogens with zero attached hydrogens (tertiary/aromatic N) is 4. The molecular weight excluding hydrogens is 338 g/mol. The summed E-state index contributed by atoms with van der Waals surface area (Å²) in [5.74, 6) is 1.85. The summed E-state index contributed by atoms with van der Waals surface area (Å²) in [5.41, 5.74) is 1.16. The molecule has 0 radical (unpaired) electrons. The number of benzene rings is 1. The Morgan fingerprint density at radius 1 is 1.15 bits per heavy atom. The Morgan fingerprint density at radius 3 is 2.52 bits per heavy atom. The summed E-state index contributed by atoms with van der Waals surface area (Å²) in [7, 11) is 5.62. The van der Waals surface area contributed by atoms with Crippen LogP contribution in [-0.4, -0.2) is 87.7 Å². The molecule has 0 unspecified atom stereocenters. The highest BCUT2D eigenvalue weighted by atomic mass is 16.5. The van der Waals surface area contributed by atoms with Crippen LogP contribution in [0.5, 0.6) is 5.75 Å². The number of rotatable bonds is 9. The van der Waals surface area contributed by atoms with Gasteiger partial charge in [-0.15, -0.1) is 0 Å². The molecule has 1 N–H and O–H groups in total. The zero-order valence-corrected chi connectivity index (χ0v) is 17.6. The Balaban J connectivity index is 1.66. The van der Waals surface area contributed by atoms with E-state index < -0.39 is 0 Å². The van der Waals surface area contributed by atoms with Crippen LogP contribution in [-0.2, 0) is 6.54 Å². The quantitative estimate of drug-likeness (QED) is 0.407. The highest BCUT2D eigenvalue weighted by Crippen LogP contribution is 2.18. The molecule has 0 atom stereocenters. The largest absolute Gasteiger partial charge is 0.496 e. The van der Waals surface area contributed by atoms with Crippen molar-refractivity contribution in [3.63, 3.8) is 0 Å². The lowest BCUT2D eigenvalue weighted by molar-refractivity contribution is 0.136. The highest BCUT2D eigenvalue weighted by Gasteiger charge is 2.14. The van der Waals surface area contributed by atoms with Gasteiger partial charge in [-0.2, -0.15) is 0 Å². The van der Waals surface area contributed by atoms with Crippen molar-refractivity contribution >= 4 is 5.96 Å². The second kappa shape index (κ2) is 11.8. The van der Waals surface area contributed by atoms with Gasteiger partial charge in [0.15, 0.2) is 5.96 Å². The van der Waals surface area contributed by atoms with Gasteiger partial charge < -0.3 is 24.8 Å². The van der Waals surface area contributed by atoms with Crippen molar-refractivity contribution in [2.75, 3.05) is 67.0 Å². The first-order chi connectivity index (χ1) is 13.2. The van der Waals surface area contributed by atoms with Gasteiger partial charge in [0.2, 0.25) is 0 Å². The van der Waals surface area contributed by atoms with Crippen molar-refractivity contribution in [3.8, 4) is 5.75 Å². The second-order valence-corrected chi connectivity index (χ2v) is 7.12. The molecule has 1 heterocycles. The molecule has 152 valence electrons. The maximum absolute atomic E-state index is 5.45. The molecule has 2 rings (SSSR count). The Labute approximate surface area is 165 Å². The molecule has 1 aromatic carbocycles. The van der Waals surface area contributed by atoms with Crippen LogP contribution in [0, 0.1) is 0 Å². The van der Waals surface area contributed by atoms with Gasteiger partial charge in [0.05, 0.1) is 7.11 Å². The SMILES string of the molecule is CCN1CCN(CCCCNC(=NC)N(C)Cc2ccccc2OC)CC1. The number of guanidine groups is 1. The first kappa shape index (κ1) is 21.5. The van der Waals surface area contributed by atoms with Crippen molar-refractivity contribution < 1.29 is 4.74 Å². The van der Waals surface area contributed by atoms with E-state index >= 15 is 0 Å². The fourth-order valence-corrected chi connectivity index (χ4v) is 3.54. The molecule has 1 aliphatic rings. The summed E-state index contributed by atoms with van der Waals surface area (Å²) in [6, 6.07) is 8.14. The van der Waals surface area contributed by atoms with E-state index in [-0.39, 0.29) is 0 Å². The first-order valence-corrected chi connectivity index (χ1v) is 10.2. The number of ether oxygens (including phenoxy) is 1. The van der Waals surface area contributed by atoms with Crippen molar-refractivity contribution in [2.24, 2.45) is 4.99 Å². The van der Waals surface area contributed by atoms with E-state index in [0.717, 1.165) is 36.8 Å². The van der Waals surface area contributed by atoms with Crippen LogP contribution in [0.25, 0.3) is 0 Å². The number of hydrogen-bond acceptors (Lipinski definition) is 4. The minimum absolute atomic E-state index is 0.769. The molecule has 0 bridgehead atoms. The zero-order chi connectivity index (χ0) is 19.5. The molecule has 1 saturated heterocycles. The second-order valence-electron chi connectivity index (χ2n) is 7.12. The zero-order valence-electron chi connectivity index (χ0n) is 17.6. The van der Waals surface area contributed by atoms with Gasteiger partial charge in [0.25, 0.3) is 0 Å². The molecule has 1 fully saturated rings. The van der Waals surface area contributed by atoms with E-state index in [1.807, 2.05) is 25.2 Å². The Morgan fingerprint density at radius 2 is 1.85 bits per heavy atom. The predicted octanol–water partition coefficient (Wildman–Crippen LogP) is 2.12. The molecular formula is C21H37N5O. The molecule has 0 aliphatic carbocycles. The number of aliphatic imine (C=N–C) groups is 1. The van der Waals surface area contributed by atoms with Gasteiger partial charge in [-0.3, -0.25) is 4.99 Å². The summed E-state index contributed by atoms with van der Waals surface area (Å²) in [6.07, 6.45) is 2.39. The molecule has 0 aromatic heterocycles. The third-order valence-electron chi connectivity index (χ3n) is 5.27. The lowest BCUT2D eigenvalue weighted by Crippen LogP contribution is -2.46. The standard InChI is InChI=1S/C21H37N5O/c1-5-25-14-16-26(17-15-25)13-9-8-12-23-21(22-2)24(3)18-19-10-6-7-11-20(19)27-4/h6-7,10-11H,5,8-9,12-18H2,1-4H3,(H,22,23). The van der Waals surface area contributed by atoms with Crippen LogP contribution >= 0.6 is 0 Å². The third-order valence-corrected chi connectivity index (χ3v) is 5.27. The minimum atomic E-state index is 0.769. The molecule has 27 heavy (non-hydrogen) atoms. The Bertz CT molecular complexity index is 569. The lowest BCUT2D eigenvalue weighted by Gasteiger charge is -2.34. The maximum Gasteiger partial charge on any atom is 0.193 e. The number of para-hydroxylation sites is 1. The number of methoxy groups -OCH3 is 1. The van der Waals surface area contributed by atoms with Crippen molar-refractivity contribution in [1.82, 2.24) is 20.0 Å². The number of likely N-dealkylation sites (N-methyl/N-ethyl adjacent to an activating group) is 1. The van der Waals surface area contributed by atoms with Crippen LogP contribution < -0.4 is 10.1 Å².